The number of para-hydroxylation sites is 1. The van der Waals surface area contributed by atoms with Crippen molar-refractivity contribution in [1.82, 2.24) is 4.31 Å². The summed E-state index contributed by atoms with van der Waals surface area (Å²) in [5.74, 6) is -1.50. The highest BCUT2D eigenvalue weighted by atomic mass is 32.2. The van der Waals surface area contributed by atoms with Crippen molar-refractivity contribution in [1.29, 1.82) is 0 Å². The highest BCUT2D eigenvalue weighted by molar-refractivity contribution is 7.90. The summed E-state index contributed by atoms with van der Waals surface area (Å²) in [5.41, 5.74) is 0.546. The first-order valence-electron chi connectivity index (χ1n) is 8.19. The Kier molecular flexibility index (Phi) is 5.27. The van der Waals surface area contributed by atoms with Crippen molar-refractivity contribution < 1.29 is 27.5 Å². The fourth-order valence-electron chi connectivity index (χ4n) is 2.62. The second-order valence-electron chi connectivity index (χ2n) is 5.78. The SMILES string of the molecule is C=CCOC(=O)c1ccc(S(=O)(=O)N2C(=O)CN(c3ccccc3)C2=O)cc1. The summed E-state index contributed by atoms with van der Waals surface area (Å²) in [6, 6.07) is 12.1. The zero-order valence-electron chi connectivity index (χ0n) is 14.6. The second-order valence-corrected chi connectivity index (χ2v) is 7.57. The van der Waals surface area contributed by atoms with Crippen LogP contribution in [0.25, 0.3) is 0 Å². The fourth-order valence-corrected chi connectivity index (χ4v) is 3.94. The monoisotopic (exact) mass is 400 g/mol. The molecule has 0 N–H and O–H groups in total. The van der Waals surface area contributed by atoms with E-state index in [0.717, 1.165) is 17.0 Å². The van der Waals surface area contributed by atoms with Crippen LogP contribution in [-0.2, 0) is 19.6 Å². The Morgan fingerprint density at radius 2 is 1.71 bits per heavy atom. The lowest BCUT2D eigenvalue weighted by Crippen LogP contribution is -2.38. The molecule has 0 atom stereocenters. The van der Waals surface area contributed by atoms with Crippen molar-refractivity contribution in [3.8, 4) is 0 Å². The highest BCUT2D eigenvalue weighted by Crippen LogP contribution is 2.26. The van der Waals surface area contributed by atoms with E-state index in [4.69, 9.17) is 4.74 Å². The van der Waals surface area contributed by atoms with E-state index in [1.165, 1.54) is 18.2 Å². The minimum absolute atomic E-state index is 0.0188. The van der Waals surface area contributed by atoms with Crippen LogP contribution < -0.4 is 4.90 Å². The van der Waals surface area contributed by atoms with Gasteiger partial charge in [0.05, 0.1) is 10.5 Å². The number of hydrogen-bond acceptors (Lipinski definition) is 6. The molecular weight excluding hydrogens is 384 g/mol. The van der Waals surface area contributed by atoms with Gasteiger partial charge in [-0.1, -0.05) is 30.9 Å². The molecule has 8 nitrogen and oxygen atoms in total. The standard InChI is InChI=1S/C19H16N2O6S/c1-2-12-27-18(23)14-8-10-16(11-9-14)28(25,26)21-17(22)13-20(19(21)24)15-6-4-3-5-7-15/h2-11H,1,12-13H2. The Morgan fingerprint density at radius 1 is 1.07 bits per heavy atom. The smallest absolute Gasteiger partial charge is 0.346 e. The first-order valence-corrected chi connectivity index (χ1v) is 9.63. The van der Waals surface area contributed by atoms with Gasteiger partial charge in [0, 0.05) is 5.69 Å². The van der Waals surface area contributed by atoms with Crippen LogP contribution in [0.4, 0.5) is 10.5 Å². The van der Waals surface area contributed by atoms with Gasteiger partial charge in [0.2, 0.25) is 0 Å². The largest absolute Gasteiger partial charge is 0.458 e. The first kappa shape index (κ1) is 19.3. The average Bonchev–Trinajstić information content (AvgIpc) is 3.01. The van der Waals surface area contributed by atoms with E-state index in [-0.39, 0.29) is 27.9 Å². The molecule has 0 aliphatic carbocycles. The Morgan fingerprint density at radius 3 is 2.32 bits per heavy atom. The van der Waals surface area contributed by atoms with Gasteiger partial charge in [-0.15, -0.1) is 4.31 Å². The number of imide groups is 1. The molecule has 1 saturated heterocycles. The van der Waals surface area contributed by atoms with E-state index in [1.54, 1.807) is 30.3 Å². The molecule has 2 aromatic carbocycles. The van der Waals surface area contributed by atoms with E-state index in [1.807, 2.05) is 0 Å². The molecule has 0 bridgehead atoms. The Bertz CT molecular complexity index is 1030. The van der Waals surface area contributed by atoms with Crippen LogP contribution in [0.15, 0.2) is 72.1 Å². The molecule has 28 heavy (non-hydrogen) atoms. The summed E-state index contributed by atoms with van der Waals surface area (Å²) in [4.78, 5) is 37.5. The zero-order chi connectivity index (χ0) is 20.3. The predicted octanol–water partition coefficient (Wildman–Crippen LogP) is 2.19. The first-order chi connectivity index (χ1) is 13.4. The molecule has 1 fully saturated rings. The van der Waals surface area contributed by atoms with E-state index < -0.39 is 27.9 Å². The molecule has 1 heterocycles. The number of esters is 1. The van der Waals surface area contributed by atoms with Gasteiger partial charge < -0.3 is 4.74 Å². The molecule has 144 valence electrons. The Labute approximate surface area is 161 Å². The summed E-state index contributed by atoms with van der Waals surface area (Å²) < 4.78 is 30.7. The van der Waals surface area contributed by atoms with Crippen molar-refractivity contribution in [3.05, 3.63) is 72.8 Å². The Balaban J connectivity index is 1.86. The lowest BCUT2D eigenvalue weighted by atomic mass is 10.2. The molecule has 1 aliphatic heterocycles. The average molecular weight is 400 g/mol. The van der Waals surface area contributed by atoms with Crippen molar-refractivity contribution in [2.45, 2.75) is 4.90 Å². The number of ether oxygens (including phenoxy) is 1. The van der Waals surface area contributed by atoms with Gasteiger partial charge in [0.1, 0.15) is 13.2 Å². The lowest BCUT2D eigenvalue weighted by molar-refractivity contribution is -0.121. The molecule has 3 amide bonds. The molecule has 3 rings (SSSR count). The van der Waals surface area contributed by atoms with Gasteiger partial charge in [-0.2, -0.15) is 0 Å². The number of rotatable bonds is 6. The molecule has 9 heteroatoms. The van der Waals surface area contributed by atoms with Crippen LogP contribution >= 0.6 is 0 Å². The summed E-state index contributed by atoms with van der Waals surface area (Å²) in [6.07, 6.45) is 1.40. The van der Waals surface area contributed by atoms with E-state index >= 15 is 0 Å². The number of benzene rings is 2. The van der Waals surface area contributed by atoms with Crippen LogP contribution in [0.1, 0.15) is 10.4 Å². The van der Waals surface area contributed by atoms with Gasteiger partial charge in [-0.3, -0.25) is 9.69 Å². The van der Waals surface area contributed by atoms with Crippen molar-refractivity contribution in [3.63, 3.8) is 0 Å². The lowest BCUT2D eigenvalue weighted by Gasteiger charge is -2.17. The number of carbonyl (C=O) groups excluding carboxylic acids is 3. The fraction of sp³-hybridized carbons (Fsp3) is 0.105. The van der Waals surface area contributed by atoms with Crippen LogP contribution in [-0.4, -0.2) is 43.8 Å². The van der Waals surface area contributed by atoms with Crippen LogP contribution in [0.5, 0.6) is 0 Å². The molecule has 0 aromatic heterocycles. The number of urea groups is 1. The van der Waals surface area contributed by atoms with Crippen LogP contribution in [0.3, 0.4) is 0 Å². The third-order valence-corrected chi connectivity index (χ3v) is 5.66. The predicted molar refractivity (Wildman–Crippen MR) is 100 cm³/mol. The van der Waals surface area contributed by atoms with Crippen LogP contribution in [0.2, 0.25) is 0 Å². The molecule has 0 spiro atoms. The zero-order valence-corrected chi connectivity index (χ0v) is 15.5. The van der Waals surface area contributed by atoms with E-state index in [2.05, 4.69) is 6.58 Å². The summed E-state index contributed by atoms with van der Waals surface area (Å²) in [7, 11) is -4.41. The maximum atomic E-state index is 12.8. The van der Waals surface area contributed by atoms with Gasteiger partial charge in [-0.25, -0.2) is 18.0 Å². The maximum absolute atomic E-state index is 12.8. The third kappa shape index (κ3) is 3.52. The van der Waals surface area contributed by atoms with Crippen molar-refractivity contribution in [2.24, 2.45) is 0 Å². The maximum Gasteiger partial charge on any atom is 0.346 e. The third-order valence-electron chi connectivity index (χ3n) is 3.95. The quantitative estimate of drug-likeness (QED) is 0.419. The van der Waals surface area contributed by atoms with E-state index in [0.29, 0.717) is 5.69 Å². The van der Waals surface area contributed by atoms with Gasteiger partial charge >= 0.3 is 12.0 Å². The van der Waals surface area contributed by atoms with Crippen LogP contribution in [0, 0.1) is 0 Å². The minimum Gasteiger partial charge on any atom is -0.458 e. The number of hydrogen-bond donors (Lipinski definition) is 0. The molecule has 0 unspecified atom stereocenters. The normalized spacial score (nSPS) is 14.3. The molecule has 2 aromatic rings. The number of sulfonamides is 1. The molecule has 1 aliphatic rings. The van der Waals surface area contributed by atoms with Crippen molar-refractivity contribution >= 4 is 33.6 Å². The summed E-state index contributed by atoms with van der Waals surface area (Å²) in [5, 5.41) is 0. The van der Waals surface area contributed by atoms with Gasteiger partial charge in [0.15, 0.2) is 0 Å². The number of amides is 3. The van der Waals surface area contributed by atoms with Gasteiger partial charge in [0.25, 0.3) is 15.9 Å². The molecule has 0 radical (unpaired) electrons. The number of carbonyl (C=O) groups is 3. The minimum atomic E-state index is -4.41. The number of nitrogens with zero attached hydrogens (tertiary/aromatic N) is 2. The van der Waals surface area contributed by atoms with Crippen molar-refractivity contribution in [2.75, 3.05) is 18.1 Å². The summed E-state index contributed by atoms with van der Waals surface area (Å²) in [6.45, 7) is 3.07. The number of anilines is 1. The summed E-state index contributed by atoms with van der Waals surface area (Å²) >= 11 is 0. The molecular formula is C19H16N2O6S. The Hall–Kier alpha value is -3.46. The van der Waals surface area contributed by atoms with E-state index in [9.17, 15) is 22.8 Å². The topological polar surface area (TPSA) is 101 Å². The molecule has 0 saturated carbocycles. The highest BCUT2D eigenvalue weighted by Gasteiger charge is 2.45. The van der Waals surface area contributed by atoms with Gasteiger partial charge in [-0.05, 0) is 36.4 Å². The second kappa shape index (κ2) is 7.65.